The largest absolute Gasteiger partial charge is 0.462 e. The number of carbonyl (C=O) groups is 1. The van der Waals surface area contributed by atoms with Crippen LogP contribution in [0.25, 0.3) is 0 Å². The summed E-state index contributed by atoms with van der Waals surface area (Å²) in [5.74, 6) is -0.343. The Morgan fingerprint density at radius 1 is 1.28 bits per heavy atom. The lowest BCUT2D eigenvalue weighted by Crippen LogP contribution is -2.39. The van der Waals surface area contributed by atoms with Gasteiger partial charge in [0.05, 0.1) is 18.8 Å². The standard InChI is InChI=1S/C23H33N4O8P/c1-14(2)33-20(29)15(3)26-36(31,35-16-9-7-6-8-10-16)32-13-17-19(28)23(4,5)21(34-17)27-12-11-18(24)25-22(27)30/h6-12,14-15,17,19,21,28H,13H2,1-5H3,(H,26,31)(H2,24,25,30)/t15-,17+,19+,21+,36?/m0/s1. The smallest absolute Gasteiger partial charge is 0.459 e. The SMILES string of the molecule is CC(C)OC(=O)[C@H](C)NP(=O)(OC[C@H]1O[C@@H](n2ccc(N)nc2=O)C(C)(C)[C@@H]1O)Oc1ccccc1. The first-order chi connectivity index (χ1) is 16.8. The summed E-state index contributed by atoms with van der Waals surface area (Å²) in [5, 5.41) is 13.5. The van der Waals surface area contributed by atoms with E-state index in [-0.39, 0.29) is 24.3 Å². The number of carbonyl (C=O) groups excluding carboxylic acids is 1. The molecule has 1 unspecified atom stereocenters. The number of para-hydroxylation sites is 1. The average molecular weight is 525 g/mol. The van der Waals surface area contributed by atoms with E-state index in [1.807, 2.05) is 0 Å². The topological polar surface area (TPSA) is 164 Å². The average Bonchev–Trinajstić information content (AvgIpc) is 3.01. The van der Waals surface area contributed by atoms with Crippen molar-refractivity contribution in [1.29, 1.82) is 0 Å². The van der Waals surface area contributed by atoms with Crippen molar-refractivity contribution in [2.45, 2.75) is 65.2 Å². The van der Waals surface area contributed by atoms with Crippen LogP contribution in [0.15, 0.2) is 47.4 Å². The highest BCUT2D eigenvalue weighted by Crippen LogP contribution is 2.48. The molecule has 1 aliphatic rings. The lowest BCUT2D eigenvalue weighted by molar-refractivity contribution is -0.149. The summed E-state index contributed by atoms with van der Waals surface area (Å²) in [6.45, 7) is 7.91. The van der Waals surface area contributed by atoms with Gasteiger partial charge in [0, 0.05) is 11.6 Å². The Bertz CT molecular complexity index is 1160. The van der Waals surface area contributed by atoms with E-state index in [2.05, 4.69) is 10.1 Å². The van der Waals surface area contributed by atoms with Gasteiger partial charge in [0.2, 0.25) is 0 Å². The maximum Gasteiger partial charge on any atom is 0.459 e. The normalized spacial score (nSPS) is 23.7. The molecule has 3 rings (SSSR count). The van der Waals surface area contributed by atoms with Crippen LogP contribution in [0.1, 0.15) is 40.8 Å². The van der Waals surface area contributed by atoms with Gasteiger partial charge >= 0.3 is 19.4 Å². The number of nitrogens with one attached hydrogen (secondary N) is 1. The quantitative estimate of drug-likeness (QED) is 0.308. The van der Waals surface area contributed by atoms with Gasteiger partial charge in [-0.3, -0.25) is 13.9 Å². The van der Waals surface area contributed by atoms with E-state index in [4.69, 9.17) is 24.3 Å². The van der Waals surface area contributed by atoms with E-state index in [1.165, 1.54) is 23.8 Å². The Kier molecular flexibility index (Phi) is 8.58. The zero-order valence-corrected chi connectivity index (χ0v) is 21.8. The highest BCUT2D eigenvalue weighted by Gasteiger charge is 2.52. The van der Waals surface area contributed by atoms with Crippen molar-refractivity contribution in [3.63, 3.8) is 0 Å². The third-order valence-electron chi connectivity index (χ3n) is 5.59. The third-order valence-corrected chi connectivity index (χ3v) is 7.24. The molecule has 0 amide bonds. The molecule has 1 aromatic heterocycles. The van der Waals surface area contributed by atoms with Gasteiger partial charge in [-0.1, -0.05) is 32.0 Å². The molecule has 1 aromatic carbocycles. The van der Waals surface area contributed by atoms with Crippen LogP contribution < -0.4 is 21.0 Å². The van der Waals surface area contributed by atoms with Crippen molar-refractivity contribution < 1.29 is 33.0 Å². The fraction of sp³-hybridized carbons (Fsp3) is 0.522. The summed E-state index contributed by atoms with van der Waals surface area (Å²) in [4.78, 5) is 28.4. The molecular formula is C23H33N4O8P. The Balaban J connectivity index is 1.79. The molecule has 1 aliphatic heterocycles. The minimum atomic E-state index is -4.16. The fourth-order valence-corrected chi connectivity index (χ4v) is 5.21. The van der Waals surface area contributed by atoms with Crippen molar-refractivity contribution in [2.24, 2.45) is 5.41 Å². The third kappa shape index (κ3) is 6.51. The number of anilines is 1. The van der Waals surface area contributed by atoms with Gasteiger partial charge in [0.15, 0.2) is 0 Å². The molecule has 12 nitrogen and oxygen atoms in total. The zero-order chi connectivity index (χ0) is 26.7. The number of nitrogens with zero attached hydrogens (tertiary/aromatic N) is 2. The van der Waals surface area contributed by atoms with E-state index in [1.54, 1.807) is 58.0 Å². The van der Waals surface area contributed by atoms with Crippen LogP contribution in [0.5, 0.6) is 5.75 Å². The summed E-state index contributed by atoms with van der Waals surface area (Å²) in [7, 11) is -4.16. The molecule has 0 aliphatic carbocycles. The number of nitrogens with two attached hydrogens (primary N) is 1. The molecule has 2 heterocycles. The Labute approximate surface area is 209 Å². The van der Waals surface area contributed by atoms with Crippen LogP contribution in [0.3, 0.4) is 0 Å². The Morgan fingerprint density at radius 2 is 1.94 bits per heavy atom. The maximum absolute atomic E-state index is 13.7. The first kappa shape index (κ1) is 27.8. The van der Waals surface area contributed by atoms with Crippen molar-refractivity contribution >= 4 is 19.5 Å². The summed E-state index contributed by atoms with van der Waals surface area (Å²) in [6, 6.07) is 8.70. The van der Waals surface area contributed by atoms with Crippen molar-refractivity contribution in [3.8, 4) is 5.75 Å². The number of ether oxygens (including phenoxy) is 2. The van der Waals surface area contributed by atoms with Gasteiger partial charge in [0.1, 0.15) is 29.9 Å². The molecule has 0 bridgehead atoms. The molecule has 0 saturated carbocycles. The number of aromatic nitrogens is 2. The number of aliphatic hydroxyl groups is 1. The molecule has 5 atom stereocenters. The van der Waals surface area contributed by atoms with Crippen LogP contribution in [0.4, 0.5) is 5.82 Å². The lowest BCUT2D eigenvalue weighted by Gasteiger charge is -2.29. The van der Waals surface area contributed by atoms with E-state index in [0.29, 0.717) is 0 Å². The van der Waals surface area contributed by atoms with Crippen molar-refractivity contribution in [1.82, 2.24) is 14.6 Å². The number of hydrogen-bond donors (Lipinski definition) is 3. The van der Waals surface area contributed by atoms with Gasteiger partial charge in [-0.15, -0.1) is 0 Å². The number of hydrogen-bond acceptors (Lipinski definition) is 10. The maximum atomic E-state index is 13.7. The summed E-state index contributed by atoms with van der Waals surface area (Å²) in [5.41, 5.74) is 3.99. The second-order valence-electron chi connectivity index (χ2n) is 9.37. The van der Waals surface area contributed by atoms with E-state index in [0.717, 1.165) is 0 Å². The first-order valence-electron chi connectivity index (χ1n) is 11.5. The fourth-order valence-electron chi connectivity index (χ4n) is 3.71. The monoisotopic (exact) mass is 524 g/mol. The van der Waals surface area contributed by atoms with Gasteiger partial charge < -0.3 is 24.8 Å². The Morgan fingerprint density at radius 3 is 2.56 bits per heavy atom. The van der Waals surface area contributed by atoms with E-state index < -0.39 is 49.3 Å². The van der Waals surface area contributed by atoms with Gasteiger partial charge in [-0.2, -0.15) is 10.1 Å². The van der Waals surface area contributed by atoms with Crippen LogP contribution >= 0.6 is 7.75 Å². The van der Waals surface area contributed by atoms with Gasteiger partial charge in [0.25, 0.3) is 0 Å². The molecule has 36 heavy (non-hydrogen) atoms. The Hall–Kier alpha value is -2.76. The predicted octanol–water partition coefficient (Wildman–Crippen LogP) is 2.24. The summed E-state index contributed by atoms with van der Waals surface area (Å²) >= 11 is 0. The van der Waals surface area contributed by atoms with Crippen molar-refractivity contribution in [2.75, 3.05) is 12.3 Å². The van der Waals surface area contributed by atoms with Gasteiger partial charge in [-0.05, 0) is 39.0 Å². The molecule has 198 valence electrons. The van der Waals surface area contributed by atoms with E-state index in [9.17, 15) is 19.3 Å². The summed E-state index contributed by atoms with van der Waals surface area (Å²) < 4.78 is 37.3. The molecule has 2 aromatic rings. The van der Waals surface area contributed by atoms with Crippen molar-refractivity contribution in [3.05, 3.63) is 53.1 Å². The van der Waals surface area contributed by atoms with Crippen LogP contribution in [0, 0.1) is 5.41 Å². The number of aliphatic hydroxyl groups excluding tert-OH is 1. The lowest BCUT2D eigenvalue weighted by atomic mass is 9.84. The number of nitrogen functional groups attached to an aromatic ring is 1. The molecular weight excluding hydrogens is 491 g/mol. The second kappa shape index (κ2) is 11.1. The molecule has 0 spiro atoms. The molecule has 0 radical (unpaired) electrons. The van der Waals surface area contributed by atoms with E-state index >= 15 is 0 Å². The molecule has 4 N–H and O–H groups in total. The predicted molar refractivity (Wildman–Crippen MR) is 131 cm³/mol. The second-order valence-corrected chi connectivity index (χ2v) is 11.1. The zero-order valence-electron chi connectivity index (χ0n) is 20.9. The highest BCUT2D eigenvalue weighted by molar-refractivity contribution is 7.52. The van der Waals surface area contributed by atoms with Crippen LogP contribution in [-0.2, 0) is 23.4 Å². The van der Waals surface area contributed by atoms with Crippen LogP contribution in [-0.4, -0.2) is 51.6 Å². The van der Waals surface area contributed by atoms with Gasteiger partial charge in [-0.25, -0.2) is 9.36 Å². The molecule has 1 saturated heterocycles. The minimum absolute atomic E-state index is 0.0580. The first-order valence-corrected chi connectivity index (χ1v) is 13.0. The summed E-state index contributed by atoms with van der Waals surface area (Å²) in [6.07, 6.45) is -1.93. The van der Waals surface area contributed by atoms with Crippen LogP contribution in [0.2, 0.25) is 0 Å². The number of esters is 1. The number of rotatable bonds is 10. The number of benzene rings is 1. The molecule has 1 fully saturated rings. The highest BCUT2D eigenvalue weighted by atomic mass is 31.2. The molecule has 13 heteroatoms. The minimum Gasteiger partial charge on any atom is -0.462 e.